The molecule has 1 aliphatic rings. The Morgan fingerprint density at radius 2 is 1.55 bits per heavy atom. The zero-order chi connectivity index (χ0) is 22.8. The third-order valence-corrected chi connectivity index (χ3v) is 4.40. The van der Waals surface area contributed by atoms with Crippen molar-refractivity contribution in [1.82, 2.24) is 0 Å². The summed E-state index contributed by atoms with van der Waals surface area (Å²) in [6, 6.07) is 12.2. The molecule has 0 N–H and O–H groups in total. The van der Waals surface area contributed by atoms with E-state index in [2.05, 4.69) is 25.8 Å². The summed E-state index contributed by atoms with van der Waals surface area (Å²) < 4.78 is 15.5. The predicted molar refractivity (Wildman–Crippen MR) is 115 cm³/mol. The molecule has 0 fully saturated rings. The average molecular weight is 421 g/mol. The first-order valence-corrected chi connectivity index (χ1v) is 9.67. The number of cyclic esters (lactones) is 1. The van der Waals surface area contributed by atoms with Crippen molar-refractivity contribution in [3.8, 4) is 11.5 Å². The fraction of sp³-hybridized carbons (Fsp3) is 0.250. The van der Waals surface area contributed by atoms with Crippen LogP contribution >= 0.6 is 0 Å². The molecule has 7 heteroatoms. The number of carbonyl (C=O) groups is 3. The fourth-order valence-electron chi connectivity index (χ4n) is 2.89. The second-order valence-electron chi connectivity index (χ2n) is 8.06. The number of aliphatic imine (C=N–C) groups is 1. The van der Waals surface area contributed by atoms with Crippen molar-refractivity contribution < 1.29 is 28.6 Å². The van der Waals surface area contributed by atoms with E-state index in [0.717, 1.165) is 5.56 Å². The van der Waals surface area contributed by atoms with Gasteiger partial charge in [0.25, 0.3) is 0 Å². The second-order valence-corrected chi connectivity index (χ2v) is 8.06. The molecular weight excluding hydrogens is 398 g/mol. The Bertz CT molecular complexity index is 1100. The van der Waals surface area contributed by atoms with E-state index < -0.39 is 17.9 Å². The van der Waals surface area contributed by atoms with Gasteiger partial charge in [0.05, 0.1) is 0 Å². The van der Waals surface area contributed by atoms with Gasteiger partial charge in [0, 0.05) is 19.4 Å². The number of esters is 3. The van der Waals surface area contributed by atoms with Gasteiger partial charge >= 0.3 is 17.9 Å². The van der Waals surface area contributed by atoms with Crippen LogP contribution in [0.5, 0.6) is 11.5 Å². The van der Waals surface area contributed by atoms with Gasteiger partial charge < -0.3 is 14.2 Å². The molecule has 31 heavy (non-hydrogen) atoms. The first kappa shape index (κ1) is 22.0. The minimum absolute atomic E-state index is 0.00959. The monoisotopic (exact) mass is 421 g/mol. The van der Waals surface area contributed by atoms with Crippen LogP contribution in [0.3, 0.4) is 0 Å². The summed E-state index contributed by atoms with van der Waals surface area (Å²) in [4.78, 5) is 39.2. The van der Waals surface area contributed by atoms with Gasteiger partial charge in [-0.3, -0.25) is 9.59 Å². The highest BCUT2D eigenvalue weighted by atomic mass is 16.6. The lowest BCUT2D eigenvalue weighted by molar-refractivity contribution is -0.134. The molecule has 2 aromatic rings. The molecule has 0 radical (unpaired) electrons. The van der Waals surface area contributed by atoms with E-state index in [0.29, 0.717) is 11.1 Å². The van der Waals surface area contributed by atoms with Gasteiger partial charge in [-0.1, -0.05) is 39.0 Å². The van der Waals surface area contributed by atoms with Crippen molar-refractivity contribution in [1.29, 1.82) is 0 Å². The Labute approximate surface area is 180 Å². The van der Waals surface area contributed by atoms with Gasteiger partial charge in [-0.25, -0.2) is 9.79 Å². The molecule has 1 aliphatic heterocycles. The van der Waals surface area contributed by atoms with E-state index in [4.69, 9.17) is 14.2 Å². The molecule has 7 nitrogen and oxygen atoms in total. The van der Waals surface area contributed by atoms with Crippen molar-refractivity contribution in [2.45, 2.75) is 40.0 Å². The summed E-state index contributed by atoms with van der Waals surface area (Å²) in [5, 5.41) is 0. The van der Waals surface area contributed by atoms with E-state index in [1.807, 2.05) is 24.3 Å². The van der Waals surface area contributed by atoms with E-state index in [1.54, 1.807) is 6.07 Å². The van der Waals surface area contributed by atoms with Crippen LogP contribution in [0.1, 0.15) is 51.3 Å². The first-order valence-electron chi connectivity index (χ1n) is 9.67. The largest absolute Gasteiger partial charge is 0.423 e. The van der Waals surface area contributed by atoms with Gasteiger partial charge in [0.1, 0.15) is 0 Å². The quantitative estimate of drug-likeness (QED) is 0.418. The van der Waals surface area contributed by atoms with Gasteiger partial charge in [-0.2, -0.15) is 0 Å². The minimum atomic E-state index is -0.590. The van der Waals surface area contributed by atoms with Crippen molar-refractivity contribution in [3.63, 3.8) is 0 Å². The summed E-state index contributed by atoms with van der Waals surface area (Å²) in [5.74, 6) is -1.34. The van der Waals surface area contributed by atoms with Crippen LogP contribution in [0.15, 0.2) is 53.2 Å². The number of benzene rings is 2. The zero-order valence-electron chi connectivity index (χ0n) is 18.0. The van der Waals surface area contributed by atoms with E-state index >= 15 is 0 Å². The Balaban J connectivity index is 1.90. The molecule has 0 aromatic heterocycles. The normalized spacial score (nSPS) is 14.8. The molecule has 0 unspecified atom stereocenters. The Morgan fingerprint density at radius 3 is 2.13 bits per heavy atom. The smallest absolute Gasteiger partial charge is 0.363 e. The average Bonchev–Trinajstić information content (AvgIpc) is 3.03. The molecule has 0 amide bonds. The molecule has 0 atom stereocenters. The zero-order valence-corrected chi connectivity index (χ0v) is 18.0. The third kappa shape index (κ3) is 5.45. The van der Waals surface area contributed by atoms with Crippen molar-refractivity contribution >= 4 is 29.9 Å². The molecular formula is C24H23NO6. The van der Waals surface area contributed by atoms with Crippen LogP contribution in [0.25, 0.3) is 6.08 Å². The molecule has 3 rings (SSSR count). The van der Waals surface area contributed by atoms with Crippen LogP contribution in [-0.4, -0.2) is 23.8 Å². The van der Waals surface area contributed by atoms with Gasteiger partial charge in [-0.05, 0) is 46.9 Å². The van der Waals surface area contributed by atoms with Crippen molar-refractivity contribution in [3.05, 3.63) is 64.9 Å². The number of carbonyl (C=O) groups excluding carboxylic acids is 3. The van der Waals surface area contributed by atoms with Crippen molar-refractivity contribution in [2.24, 2.45) is 4.99 Å². The minimum Gasteiger partial charge on any atom is -0.423 e. The summed E-state index contributed by atoms with van der Waals surface area (Å²) in [5.41, 5.74) is 2.48. The van der Waals surface area contributed by atoms with Crippen LogP contribution in [0.4, 0.5) is 0 Å². The molecule has 0 aliphatic carbocycles. The van der Waals surface area contributed by atoms with Gasteiger partial charge in [0.2, 0.25) is 5.90 Å². The van der Waals surface area contributed by atoms with Gasteiger partial charge in [0.15, 0.2) is 17.2 Å². The standard InChI is InChI=1S/C24H23NO6/c1-14(26)29-20-11-6-16(13-21(20)30-15(2)27)12-19-23(28)31-22(25-19)17-7-9-18(10-8-17)24(3,4)5/h6-13H,1-5H3/b19-12-. The lowest BCUT2D eigenvalue weighted by Crippen LogP contribution is -2.11. The Kier molecular flexibility index (Phi) is 6.06. The number of rotatable bonds is 4. The maximum atomic E-state index is 12.3. The highest BCUT2D eigenvalue weighted by molar-refractivity contribution is 6.12. The summed E-state index contributed by atoms with van der Waals surface area (Å²) in [7, 11) is 0. The molecule has 0 saturated carbocycles. The summed E-state index contributed by atoms with van der Waals surface area (Å²) in [6.45, 7) is 8.83. The van der Waals surface area contributed by atoms with E-state index in [9.17, 15) is 14.4 Å². The molecule has 2 aromatic carbocycles. The maximum absolute atomic E-state index is 12.3. The van der Waals surface area contributed by atoms with Crippen LogP contribution in [0, 0.1) is 0 Å². The number of ether oxygens (including phenoxy) is 3. The SMILES string of the molecule is CC(=O)Oc1ccc(/C=C2\N=C(c3ccc(C(C)(C)C)cc3)OC2=O)cc1OC(C)=O. The van der Waals surface area contributed by atoms with E-state index in [-0.39, 0.29) is 28.5 Å². The summed E-state index contributed by atoms with van der Waals surface area (Å²) >= 11 is 0. The van der Waals surface area contributed by atoms with Crippen LogP contribution in [-0.2, 0) is 24.5 Å². The molecule has 0 spiro atoms. The Hall–Kier alpha value is -3.74. The van der Waals surface area contributed by atoms with Crippen LogP contribution < -0.4 is 9.47 Å². The first-order chi connectivity index (χ1) is 14.5. The second kappa shape index (κ2) is 8.55. The molecule has 1 heterocycles. The maximum Gasteiger partial charge on any atom is 0.363 e. The lowest BCUT2D eigenvalue weighted by Gasteiger charge is -2.18. The molecule has 0 bridgehead atoms. The number of nitrogens with zero attached hydrogens (tertiary/aromatic N) is 1. The molecule has 0 saturated heterocycles. The summed E-state index contributed by atoms with van der Waals surface area (Å²) in [6.07, 6.45) is 1.50. The Morgan fingerprint density at radius 1 is 0.935 bits per heavy atom. The predicted octanol–water partition coefficient (Wildman–Crippen LogP) is 4.18. The van der Waals surface area contributed by atoms with Crippen molar-refractivity contribution in [2.75, 3.05) is 0 Å². The van der Waals surface area contributed by atoms with Gasteiger partial charge in [-0.15, -0.1) is 0 Å². The fourth-order valence-corrected chi connectivity index (χ4v) is 2.89. The highest BCUT2D eigenvalue weighted by Gasteiger charge is 2.25. The van der Waals surface area contributed by atoms with E-state index in [1.165, 1.54) is 32.1 Å². The number of hydrogen-bond acceptors (Lipinski definition) is 7. The lowest BCUT2D eigenvalue weighted by atomic mass is 9.87. The number of hydrogen-bond donors (Lipinski definition) is 0. The topological polar surface area (TPSA) is 91.3 Å². The van der Waals surface area contributed by atoms with Crippen LogP contribution in [0.2, 0.25) is 0 Å². The third-order valence-electron chi connectivity index (χ3n) is 4.40. The molecule has 160 valence electrons. The highest BCUT2D eigenvalue weighted by Crippen LogP contribution is 2.31.